The zero-order chi connectivity index (χ0) is 16.9. The van der Waals surface area contributed by atoms with Crippen LogP contribution in [0.4, 0.5) is 4.39 Å². The summed E-state index contributed by atoms with van der Waals surface area (Å²) in [5.41, 5.74) is 0.699. The minimum Gasteiger partial charge on any atom is -0.376 e. The summed E-state index contributed by atoms with van der Waals surface area (Å²) in [5, 5.41) is 2.91. The van der Waals surface area contributed by atoms with E-state index in [-0.39, 0.29) is 23.2 Å². The number of rotatable bonds is 7. The molecule has 0 unspecified atom stereocenters. The zero-order valence-corrected chi connectivity index (χ0v) is 14.1. The third-order valence-electron chi connectivity index (χ3n) is 4.26. The highest BCUT2D eigenvalue weighted by molar-refractivity contribution is 5.80. The molecular formula is C18H26FNO3. The number of halogens is 1. The Morgan fingerprint density at radius 3 is 2.74 bits per heavy atom. The normalized spacial score (nSPS) is 19.6. The predicted molar refractivity (Wildman–Crippen MR) is 86.8 cm³/mol. The van der Waals surface area contributed by atoms with Gasteiger partial charge in [0.1, 0.15) is 11.9 Å². The molecule has 2 rings (SSSR count). The summed E-state index contributed by atoms with van der Waals surface area (Å²) in [6.07, 6.45) is 1.65. The Kier molecular flexibility index (Phi) is 6.13. The van der Waals surface area contributed by atoms with Gasteiger partial charge in [0.25, 0.3) is 0 Å². The number of carbonyl (C=O) groups is 1. The fourth-order valence-corrected chi connectivity index (χ4v) is 2.56. The van der Waals surface area contributed by atoms with Gasteiger partial charge in [-0.2, -0.15) is 0 Å². The first-order valence-corrected chi connectivity index (χ1v) is 8.15. The minimum atomic E-state index is -0.511. The lowest BCUT2D eigenvalue weighted by atomic mass is 9.84. The summed E-state index contributed by atoms with van der Waals surface area (Å²) in [6, 6.07) is 6.37. The van der Waals surface area contributed by atoms with Crippen LogP contribution < -0.4 is 5.32 Å². The summed E-state index contributed by atoms with van der Waals surface area (Å²) in [7, 11) is 0. The molecule has 23 heavy (non-hydrogen) atoms. The average Bonchev–Trinajstić information content (AvgIpc) is 3.04. The van der Waals surface area contributed by atoms with Crippen molar-refractivity contribution in [2.75, 3.05) is 19.8 Å². The quantitative estimate of drug-likeness (QED) is 0.839. The molecule has 1 fully saturated rings. The molecule has 1 saturated heterocycles. The van der Waals surface area contributed by atoms with Gasteiger partial charge in [-0.1, -0.05) is 26.0 Å². The van der Waals surface area contributed by atoms with Crippen molar-refractivity contribution in [3.05, 3.63) is 35.6 Å². The van der Waals surface area contributed by atoms with E-state index in [1.165, 1.54) is 12.1 Å². The van der Waals surface area contributed by atoms with E-state index >= 15 is 0 Å². The van der Waals surface area contributed by atoms with Gasteiger partial charge in [-0.05, 0) is 37.5 Å². The van der Waals surface area contributed by atoms with Crippen LogP contribution in [0, 0.1) is 5.82 Å². The zero-order valence-electron chi connectivity index (χ0n) is 14.1. The number of nitrogens with one attached hydrogen (secondary N) is 1. The van der Waals surface area contributed by atoms with Gasteiger partial charge in [0, 0.05) is 18.6 Å². The summed E-state index contributed by atoms with van der Waals surface area (Å²) < 4.78 is 24.1. The van der Waals surface area contributed by atoms with Crippen LogP contribution in [0.5, 0.6) is 0 Å². The van der Waals surface area contributed by atoms with Gasteiger partial charge in [-0.25, -0.2) is 4.39 Å². The van der Waals surface area contributed by atoms with Crippen molar-refractivity contribution in [2.24, 2.45) is 0 Å². The van der Waals surface area contributed by atoms with E-state index in [4.69, 9.17) is 9.47 Å². The van der Waals surface area contributed by atoms with Crippen LogP contribution >= 0.6 is 0 Å². The highest BCUT2D eigenvalue weighted by Gasteiger charge is 2.24. The first-order valence-electron chi connectivity index (χ1n) is 8.15. The Hall–Kier alpha value is -1.46. The first kappa shape index (κ1) is 17.9. The van der Waals surface area contributed by atoms with Crippen molar-refractivity contribution >= 4 is 5.91 Å². The second-order valence-electron chi connectivity index (χ2n) is 6.72. The van der Waals surface area contributed by atoms with E-state index in [1.807, 2.05) is 13.8 Å². The fourth-order valence-electron chi connectivity index (χ4n) is 2.56. The molecule has 1 aromatic rings. The van der Waals surface area contributed by atoms with Gasteiger partial charge < -0.3 is 14.8 Å². The molecule has 0 bridgehead atoms. The lowest BCUT2D eigenvalue weighted by molar-refractivity contribution is -0.133. The Morgan fingerprint density at radius 1 is 1.43 bits per heavy atom. The molecule has 0 saturated carbocycles. The molecule has 1 amide bonds. The maximum Gasteiger partial charge on any atom is 0.248 e. The number of hydrogen-bond donors (Lipinski definition) is 1. The molecule has 0 aromatic heterocycles. The lowest BCUT2D eigenvalue weighted by Gasteiger charge is -2.26. The van der Waals surface area contributed by atoms with E-state index in [2.05, 4.69) is 5.32 Å². The maximum absolute atomic E-state index is 13.0. The smallest absolute Gasteiger partial charge is 0.248 e. The molecule has 0 aliphatic carbocycles. The third-order valence-corrected chi connectivity index (χ3v) is 4.26. The largest absolute Gasteiger partial charge is 0.376 e. The van der Waals surface area contributed by atoms with Gasteiger partial charge in [-0.15, -0.1) is 0 Å². The molecule has 1 N–H and O–H groups in total. The molecule has 1 heterocycles. The highest BCUT2D eigenvalue weighted by atomic mass is 19.1. The van der Waals surface area contributed by atoms with E-state index in [0.717, 1.165) is 25.0 Å². The minimum absolute atomic E-state index is 0.112. The molecule has 1 aromatic carbocycles. The summed E-state index contributed by atoms with van der Waals surface area (Å²) >= 11 is 0. The van der Waals surface area contributed by atoms with Crippen molar-refractivity contribution in [3.63, 3.8) is 0 Å². The lowest BCUT2D eigenvalue weighted by Crippen LogP contribution is -2.42. The van der Waals surface area contributed by atoms with Crippen molar-refractivity contribution in [3.8, 4) is 0 Å². The molecule has 2 atom stereocenters. The summed E-state index contributed by atoms with van der Waals surface area (Å²) in [6.45, 7) is 7.47. The highest BCUT2D eigenvalue weighted by Crippen LogP contribution is 2.22. The number of ether oxygens (including phenoxy) is 2. The molecular weight excluding hydrogens is 297 g/mol. The molecule has 1 aliphatic rings. The van der Waals surface area contributed by atoms with Crippen LogP contribution in [0.15, 0.2) is 24.3 Å². The molecule has 5 heteroatoms. The number of amides is 1. The van der Waals surface area contributed by atoms with Gasteiger partial charge >= 0.3 is 0 Å². The van der Waals surface area contributed by atoms with E-state index in [1.54, 1.807) is 19.1 Å². The van der Waals surface area contributed by atoms with Crippen molar-refractivity contribution < 1.29 is 18.7 Å². The second-order valence-corrected chi connectivity index (χ2v) is 6.72. The van der Waals surface area contributed by atoms with Crippen molar-refractivity contribution in [2.45, 2.75) is 51.2 Å². The topological polar surface area (TPSA) is 47.6 Å². The Bertz CT molecular complexity index is 510. The van der Waals surface area contributed by atoms with Gasteiger partial charge in [0.2, 0.25) is 5.91 Å². The fraction of sp³-hybridized carbons (Fsp3) is 0.611. The SMILES string of the molecule is C[C@@H](OC[C@@H]1CCCO1)C(=O)NCC(C)(C)c1ccc(F)cc1. The standard InChI is InChI=1S/C18H26FNO3/c1-13(23-11-16-5-4-10-22-16)17(21)20-12-18(2,3)14-6-8-15(19)9-7-14/h6-9,13,16H,4-5,10-12H2,1-3H3,(H,20,21)/t13-,16+/m1/s1. The van der Waals surface area contributed by atoms with Gasteiger partial charge in [0.05, 0.1) is 12.7 Å². The second kappa shape index (κ2) is 7.88. The third kappa shape index (κ3) is 5.29. The Morgan fingerprint density at radius 2 is 2.13 bits per heavy atom. The molecule has 1 aliphatic heterocycles. The number of hydrogen-bond acceptors (Lipinski definition) is 3. The molecule has 0 spiro atoms. The van der Waals surface area contributed by atoms with Gasteiger partial charge in [0.15, 0.2) is 0 Å². The Labute approximate surface area is 137 Å². The summed E-state index contributed by atoms with van der Waals surface area (Å²) in [4.78, 5) is 12.1. The average molecular weight is 323 g/mol. The maximum atomic E-state index is 13.0. The summed E-state index contributed by atoms with van der Waals surface area (Å²) in [5.74, 6) is -0.400. The van der Waals surface area contributed by atoms with E-state index in [9.17, 15) is 9.18 Å². The monoisotopic (exact) mass is 323 g/mol. The number of benzene rings is 1. The molecule has 0 radical (unpaired) electrons. The van der Waals surface area contributed by atoms with E-state index in [0.29, 0.717) is 13.2 Å². The van der Waals surface area contributed by atoms with Crippen LogP contribution in [0.1, 0.15) is 39.2 Å². The molecule has 4 nitrogen and oxygen atoms in total. The molecule has 128 valence electrons. The number of carbonyl (C=O) groups excluding carboxylic acids is 1. The predicted octanol–water partition coefficient (Wildman–Crippen LogP) is 2.80. The van der Waals surface area contributed by atoms with Crippen molar-refractivity contribution in [1.82, 2.24) is 5.32 Å². The van der Waals surface area contributed by atoms with Crippen LogP contribution in [-0.4, -0.2) is 37.9 Å². The van der Waals surface area contributed by atoms with Crippen LogP contribution in [0.25, 0.3) is 0 Å². The van der Waals surface area contributed by atoms with Crippen molar-refractivity contribution in [1.29, 1.82) is 0 Å². The Balaban J connectivity index is 1.78. The van der Waals surface area contributed by atoms with Crippen LogP contribution in [-0.2, 0) is 19.7 Å². The van der Waals surface area contributed by atoms with E-state index < -0.39 is 6.10 Å². The van der Waals surface area contributed by atoms with Crippen LogP contribution in [0.2, 0.25) is 0 Å². The van der Waals surface area contributed by atoms with Gasteiger partial charge in [-0.3, -0.25) is 4.79 Å². The first-order chi connectivity index (χ1) is 10.9. The van der Waals surface area contributed by atoms with Crippen LogP contribution in [0.3, 0.4) is 0 Å².